The van der Waals surface area contributed by atoms with Crippen molar-refractivity contribution in [2.24, 2.45) is 0 Å². The molecule has 4 N–H and O–H groups in total. The van der Waals surface area contributed by atoms with E-state index in [0.29, 0.717) is 45.9 Å². The van der Waals surface area contributed by atoms with Crippen LogP contribution in [-0.2, 0) is 0 Å². The minimum atomic E-state index is -1.50. The average Bonchev–Trinajstić information content (AvgIpc) is 3.25. The highest BCUT2D eigenvalue weighted by Crippen LogP contribution is 2.26. The van der Waals surface area contributed by atoms with Gasteiger partial charge in [0.05, 0.1) is 0 Å². The summed E-state index contributed by atoms with van der Waals surface area (Å²) in [5.74, 6) is 3.41. The van der Waals surface area contributed by atoms with E-state index < -0.39 is 14.2 Å². The molecule has 8 aromatic rings. The number of benzene rings is 6. The Kier molecular flexibility index (Phi) is 11.1. The van der Waals surface area contributed by atoms with Gasteiger partial charge in [0.2, 0.25) is 0 Å². The Morgan fingerprint density at radius 3 is 0.611 bits per heavy atom. The van der Waals surface area contributed by atoms with Gasteiger partial charge in [-0.05, 0) is 10.9 Å². The zero-order valence-corrected chi connectivity index (χ0v) is 28.8. The molecule has 12 heteroatoms. The molecule has 0 spiro atoms. The zero-order chi connectivity index (χ0) is 37.3. The first-order valence-corrected chi connectivity index (χ1v) is 17.1. The van der Waals surface area contributed by atoms with Crippen molar-refractivity contribution in [1.29, 1.82) is 0 Å². The second kappa shape index (κ2) is 16.8. The summed E-state index contributed by atoms with van der Waals surface area (Å²) < 4.78 is 0. The van der Waals surface area contributed by atoms with Gasteiger partial charge in [0.15, 0.2) is 34.9 Å². The molecule has 0 unspecified atom stereocenters. The molecule has 0 amide bonds. The fraction of sp³-hybridized carbons (Fsp3) is 0. The van der Waals surface area contributed by atoms with E-state index in [0.717, 1.165) is 33.4 Å². The van der Waals surface area contributed by atoms with Gasteiger partial charge in [0.1, 0.15) is 0 Å². The highest BCUT2D eigenvalue weighted by molar-refractivity contribution is 6.59. The Bertz CT molecular complexity index is 2140. The smallest absolute Gasteiger partial charge is 0.423 e. The molecule has 0 saturated heterocycles. The van der Waals surface area contributed by atoms with Crippen LogP contribution in [-0.4, -0.2) is 64.2 Å². The van der Waals surface area contributed by atoms with Crippen molar-refractivity contribution in [1.82, 2.24) is 29.9 Å². The molecular weight excluding hydrogens is 674 g/mol. The fourth-order valence-corrected chi connectivity index (χ4v) is 5.48. The highest BCUT2D eigenvalue weighted by atomic mass is 16.4. The molecule has 0 aliphatic heterocycles. The molecule has 260 valence electrons. The predicted octanol–water partition coefficient (Wildman–Crippen LogP) is 5.10. The molecule has 0 aliphatic carbocycles. The van der Waals surface area contributed by atoms with Crippen LogP contribution in [0.3, 0.4) is 0 Å². The summed E-state index contributed by atoms with van der Waals surface area (Å²) in [4.78, 5) is 27.8. The lowest BCUT2D eigenvalue weighted by atomic mass is 9.80. The molecule has 0 bridgehead atoms. The molecule has 2 aromatic heterocycles. The van der Waals surface area contributed by atoms with Crippen LogP contribution in [0, 0.1) is 0 Å². The van der Waals surface area contributed by atoms with Crippen molar-refractivity contribution in [3.8, 4) is 68.3 Å². The van der Waals surface area contributed by atoms with Gasteiger partial charge in [-0.1, -0.05) is 170 Å². The minimum absolute atomic E-state index is 0.416. The first-order valence-electron chi connectivity index (χ1n) is 17.1. The summed E-state index contributed by atoms with van der Waals surface area (Å²) in [6.07, 6.45) is 0. The van der Waals surface area contributed by atoms with Crippen LogP contribution in [0.4, 0.5) is 0 Å². The average molecular weight is 706 g/mol. The maximum atomic E-state index is 9.29. The molecule has 0 saturated carbocycles. The van der Waals surface area contributed by atoms with Crippen LogP contribution in [0.2, 0.25) is 0 Å². The van der Waals surface area contributed by atoms with Gasteiger partial charge in [-0.3, -0.25) is 0 Å². The van der Waals surface area contributed by atoms with Crippen molar-refractivity contribution in [3.05, 3.63) is 170 Å². The van der Waals surface area contributed by atoms with Crippen molar-refractivity contribution < 1.29 is 20.1 Å². The molecule has 54 heavy (non-hydrogen) atoms. The summed E-state index contributed by atoms with van der Waals surface area (Å²) >= 11 is 0. The number of aromatic nitrogens is 6. The Balaban J connectivity index is 0.000000167. The Morgan fingerprint density at radius 2 is 0.426 bits per heavy atom. The molecule has 6 aromatic carbocycles. The standard InChI is InChI=1S/2C21H16BN3O2/c2*26-22(27)18-13-11-17(12-14-18)21-24-19(15-7-3-1-4-8-15)23-20(25-21)16-9-5-2-6-10-16/h2*1-14,26-27H. The van der Waals surface area contributed by atoms with Gasteiger partial charge in [0, 0.05) is 33.4 Å². The van der Waals surface area contributed by atoms with Gasteiger partial charge in [0.25, 0.3) is 0 Å². The second-order valence-corrected chi connectivity index (χ2v) is 12.1. The summed E-state index contributed by atoms with van der Waals surface area (Å²) in [6.45, 7) is 0. The third kappa shape index (κ3) is 8.67. The lowest BCUT2D eigenvalue weighted by molar-refractivity contribution is 0.424. The van der Waals surface area contributed by atoms with Crippen LogP contribution in [0.5, 0.6) is 0 Å². The lowest BCUT2D eigenvalue weighted by Crippen LogP contribution is -2.29. The van der Waals surface area contributed by atoms with Gasteiger partial charge >= 0.3 is 14.2 Å². The van der Waals surface area contributed by atoms with Crippen LogP contribution < -0.4 is 10.9 Å². The Hall–Kier alpha value is -6.69. The van der Waals surface area contributed by atoms with Crippen LogP contribution >= 0.6 is 0 Å². The molecule has 0 fully saturated rings. The topological polar surface area (TPSA) is 158 Å². The third-order valence-electron chi connectivity index (χ3n) is 8.33. The second-order valence-electron chi connectivity index (χ2n) is 12.1. The van der Waals surface area contributed by atoms with E-state index in [9.17, 15) is 20.1 Å². The number of hydrogen-bond acceptors (Lipinski definition) is 10. The third-order valence-corrected chi connectivity index (χ3v) is 8.33. The van der Waals surface area contributed by atoms with Crippen molar-refractivity contribution in [2.75, 3.05) is 0 Å². The van der Waals surface area contributed by atoms with E-state index in [1.807, 2.05) is 121 Å². The first kappa shape index (κ1) is 35.7. The van der Waals surface area contributed by atoms with Crippen LogP contribution in [0.1, 0.15) is 0 Å². The minimum Gasteiger partial charge on any atom is -0.423 e. The molecular formula is C42H32B2N6O4. The molecule has 2 heterocycles. The number of nitrogens with zero attached hydrogens (tertiary/aromatic N) is 6. The molecule has 8 rings (SSSR count). The summed E-state index contributed by atoms with van der Waals surface area (Å²) in [5.41, 5.74) is 5.99. The van der Waals surface area contributed by atoms with Crippen molar-refractivity contribution >= 4 is 25.2 Å². The summed E-state index contributed by atoms with van der Waals surface area (Å²) in [7, 11) is -3.01. The quantitative estimate of drug-likeness (QED) is 0.157. The molecule has 10 nitrogen and oxygen atoms in total. The zero-order valence-electron chi connectivity index (χ0n) is 28.8. The number of rotatable bonds is 8. The van der Waals surface area contributed by atoms with E-state index in [-0.39, 0.29) is 0 Å². The molecule has 0 atom stereocenters. The lowest BCUT2D eigenvalue weighted by Gasteiger charge is -2.08. The fourth-order valence-electron chi connectivity index (χ4n) is 5.48. The van der Waals surface area contributed by atoms with Gasteiger partial charge < -0.3 is 20.1 Å². The first-order chi connectivity index (χ1) is 26.4. The number of hydrogen-bond donors (Lipinski definition) is 4. The largest absolute Gasteiger partial charge is 0.488 e. The normalized spacial score (nSPS) is 10.6. The monoisotopic (exact) mass is 706 g/mol. The highest BCUT2D eigenvalue weighted by Gasteiger charge is 2.16. The van der Waals surface area contributed by atoms with E-state index in [2.05, 4.69) is 29.9 Å². The molecule has 0 radical (unpaired) electrons. The van der Waals surface area contributed by atoms with Gasteiger partial charge in [-0.25, -0.2) is 29.9 Å². The maximum Gasteiger partial charge on any atom is 0.488 e. The summed E-state index contributed by atoms with van der Waals surface area (Å²) in [6, 6.07) is 52.7. The van der Waals surface area contributed by atoms with E-state index in [1.54, 1.807) is 48.5 Å². The van der Waals surface area contributed by atoms with Crippen molar-refractivity contribution in [2.45, 2.75) is 0 Å². The van der Waals surface area contributed by atoms with Gasteiger partial charge in [-0.2, -0.15) is 0 Å². The van der Waals surface area contributed by atoms with Gasteiger partial charge in [-0.15, -0.1) is 0 Å². The van der Waals surface area contributed by atoms with Crippen LogP contribution in [0.15, 0.2) is 170 Å². The SMILES string of the molecule is OB(O)c1ccc(-c2nc(-c3ccccc3)nc(-c3ccccc3)n2)cc1.OB(O)c1ccc(-c2nc(-c3ccccc3)nc(-c3ccccc3)n2)cc1. The predicted molar refractivity (Wildman–Crippen MR) is 212 cm³/mol. The molecule has 0 aliphatic rings. The van der Waals surface area contributed by atoms with Crippen molar-refractivity contribution in [3.63, 3.8) is 0 Å². The Morgan fingerprint density at radius 1 is 0.241 bits per heavy atom. The maximum absolute atomic E-state index is 9.29. The van der Waals surface area contributed by atoms with Crippen LogP contribution in [0.25, 0.3) is 68.3 Å². The van der Waals surface area contributed by atoms with E-state index in [1.165, 1.54) is 0 Å². The Labute approximate surface area is 312 Å². The summed E-state index contributed by atoms with van der Waals surface area (Å²) in [5, 5.41) is 37.1. The van der Waals surface area contributed by atoms with E-state index in [4.69, 9.17) is 0 Å². The van der Waals surface area contributed by atoms with E-state index >= 15 is 0 Å².